The van der Waals surface area contributed by atoms with Crippen LogP contribution in [0.25, 0.3) is 0 Å². The van der Waals surface area contributed by atoms with Crippen molar-refractivity contribution in [2.45, 2.75) is 97.3 Å². The number of piperidine rings is 1. The molecule has 0 spiro atoms. The average molecular weight is 302 g/mol. The minimum absolute atomic E-state index is 0. The zero-order valence-corrected chi connectivity index (χ0v) is 14.7. The van der Waals surface area contributed by atoms with E-state index < -0.39 is 0 Å². The molecule has 2 heteroatoms. The van der Waals surface area contributed by atoms with Crippen molar-refractivity contribution >= 4 is 0 Å². The summed E-state index contributed by atoms with van der Waals surface area (Å²) in [4.78, 5) is 2.72. The van der Waals surface area contributed by atoms with E-state index in [1.807, 2.05) is 0 Å². The van der Waals surface area contributed by atoms with Gasteiger partial charge in [-0.15, -0.1) is 0 Å². The van der Waals surface area contributed by atoms with Gasteiger partial charge in [-0.2, -0.15) is 0 Å². The Bertz CT molecular complexity index is 208. The lowest BCUT2D eigenvalue weighted by atomic mass is 9.95. The van der Waals surface area contributed by atoms with Crippen LogP contribution in [0.4, 0.5) is 4.70 Å². The van der Waals surface area contributed by atoms with E-state index in [9.17, 15) is 0 Å². The van der Waals surface area contributed by atoms with Crippen LogP contribution in [0, 0.1) is 5.92 Å². The third kappa shape index (κ3) is 11.2. The van der Waals surface area contributed by atoms with Crippen LogP contribution in [0.5, 0.6) is 0 Å². The van der Waals surface area contributed by atoms with Crippen LogP contribution in [0.2, 0.25) is 0 Å². The second-order valence-corrected chi connectivity index (χ2v) is 6.90. The number of hydrogen-bond acceptors (Lipinski definition) is 1. The zero-order chi connectivity index (χ0) is 14.5. The minimum Gasteiger partial charge on any atom is -0.303 e. The van der Waals surface area contributed by atoms with Gasteiger partial charge in [0.25, 0.3) is 0 Å². The van der Waals surface area contributed by atoms with Crippen LogP contribution >= 0.6 is 0 Å². The molecule has 0 N–H and O–H groups in total. The molecule has 0 bridgehead atoms. The fourth-order valence-corrected chi connectivity index (χ4v) is 3.51. The Kier molecular flexibility index (Phi) is 14.7. The lowest BCUT2D eigenvalue weighted by Gasteiger charge is -2.32. The minimum atomic E-state index is 0. The third-order valence-electron chi connectivity index (χ3n) is 5.01. The quantitative estimate of drug-likeness (QED) is 0.389. The second-order valence-electron chi connectivity index (χ2n) is 6.90. The van der Waals surface area contributed by atoms with Crippen molar-refractivity contribution in [1.82, 2.24) is 4.90 Å². The van der Waals surface area contributed by atoms with Gasteiger partial charge in [-0.25, -0.2) is 0 Å². The number of rotatable bonds is 12. The Morgan fingerprint density at radius 3 is 1.95 bits per heavy atom. The summed E-state index contributed by atoms with van der Waals surface area (Å²) in [5, 5.41) is 0. The summed E-state index contributed by atoms with van der Waals surface area (Å²) in [6.45, 7) is 8.77. The van der Waals surface area contributed by atoms with E-state index in [4.69, 9.17) is 0 Å². The molecule has 128 valence electrons. The summed E-state index contributed by atoms with van der Waals surface area (Å²) in [5.41, 5.74) is 0. The number of nitrogens with zero attached hydrogens (tertiary/aromatic N) is 1. The zero-order valence-electron chi connectivity index (χ0n) is 14.7. The van der Waals surface area contributed by atoms with Gasteiger partial charge in [0.05, 0.1) is 0 Å². The van der Waals surface area contributed by atoms with E-state index in [0.29, 0.717) is 0 Å². The molecule has 0 aromatic carbocycles. The van der Waals surface area contributed by atoms with Gasteiger partial charge in [-0.05, 0) is 38.3 Å². The molecule has 1 atom stereocenters. The molecule has 0 radical (unpaired) electrons. The lowest BCUT2D eigenvalue weighted by Crippen LogP contribution is -2.35. The monoisotopic (exact) mass is 301 g/mol. The first kappa shape index (κ1) is 20.9. The summed E-state index contributed by atoms with van der Waals surface area (Å²) in [6, 6.07) is 0. The number of halogens is 1. The first-order chi connectivity index (χ1) is 9.86. The van der Waals surface area contributed by atoms with Crippen molar-refractivity contribution < 1.29 is 4.70 Å². The standard InChI is InChI=1S/C19H39N.FH/c1-3-5-6-7-8-9-10-11-12-13-16-20-17-14-15-19(4-2)18-20;/h19H,3-18H2,1-2H3;1H. The highest BCUT2D eigenvalue weighted by Gasteiger charge is 2.17. The van der Waals surface area contributed by atoms with Crippen LogP contribution in [-0.2, 0) is 0 Å². The van der Waals surface area contributed by atoms with Gasteiger partial charge in [-0.1, -0.05) is 78.1 Å². The van der Waals surface area contributed by atoms with Crippen LogP contribution in [0.3, 0.4) is 0 Å². The first-order valence-electron chi connectivity index (χ1n) is 9.59. The van der Waals surface area contributed by atoms with E-state index in [-0.39, 0.29) is 4.70 Å². The highest BCUT2D eigenvalue weighted by atomic mass is 19.0. The van der Waals surface area contributed by atoms with Gasteiger partial charge in [0, 0.05) is 6.54 Å². The molecule has 1 nitrogen and oxygen atoms in total. The molecule has 21 heavy (non-hydrogen) atoms. The normalized spacial score (nSPS) is 19.4. The molecule has 0 saturated carbocycles. The van der Waals surface area contributed by atoms with E-state index >= 15 is 0 Å². The molecular formula is C19H40FN. The molecule has 1 fully saturated rings. The van der Waals surface area contributed by atoms with Crippen LogP contribution in [0.15, 0.2) is 0 Å². The van der Waals surface area contributed by atoms with Gasteiger partial charge >= 0.3 is 0 Å². The highest BCUT2D eigenvalue weighted by molar-refractivity contribution is 4.71. The Hall–Kier alpha value is -0.110. The summed E-state index contributed by atoms with van der Waals surface area (Å²) in [5.74, 6) is 0.992. The molecule has 0 amide bonds. The molecule has 1 heterocycles. The third-order valence-corrected chi connectivity index (χ3v) is 5.01. The van der Waals surface area contributed by atoms with Crippen molar-refractivity contribution in [3.63, 3.8) is 0 Å². The van der Waals surface area contributed by atoms with E-state index in [0.717, 1.165) is 5.92 Å². The SMILES string of the molecule is CCCCCCCCCCCCN1CCCC(CC)C1.F. The molecule has 1 aliphatic heterocycles. The largest absolute Gasteiger partial charge is 0.303 e. The summed E-state index contributed by atoms with van der Waals surface area (Å²) in [7, 11) is 0. The van der Waals surface area contributed by atoms with Crippen molar-refractivity contribution in [2.75, 3.05) is 19.6 Å². The van der Waals surface area contributed by atoms with Crippen molar-refractivity contribution in [2.24, 2.45) is 5.92 Å². The molecule has 1 rings (SSSR count). The Morgan fingerprint density at radius 1 is 0.810 bits per heavy atom. The van der Waals surface area contributed by atoms with Crippen LogP contribution in [0.1, 0.15) is 97.3 Å². The first-order valence-corrected chi connectivity index (χ1v) is 9.59. The number of unbranched alkanes of at least 4 members (excludes halogenated alkanes) is 9. The fourth-order valence-electron chi connectivity index (χ4n) is 3.51. The molecule has 1 saturated heterocycles. The Labute approximate surface area is 133 Å². The smallest absolute Gasteiger partial charge is 0.000956 e. The fraction of sp³-hybridized carbons (Fsp3) is 1.00. The molecular weight excluding hydrogens is 261 g/mol. The molecule has 0 aliphatic carbocycles. The molecule has 0 aromatic rings. The highest BCUT2D eigenvalue weighted by Crippen LogP contribution is 2.19. The van der Waals surface area contributed by atoms with E-state index in [2.05, 4.69) is 18.7 Å². The van der Waals surface area contributed by atoms with Gasteiger partial charge in [0.1, 0.15) is 0 Å². The predicted molar refractivity (Wildman–Crippen MR) is 93.8 cm³/mol. The maximum atomic E-state index is 2.72. The van der Waals surface area contributed by atoms with Gasteiger partial charge in [-0.3, -0.25) is 4.70 Å². The maximum absolute atomic E-state index is 2.72. The van der Waals surface area contributed by atoms with Crippen molar-refractivity contribution in [1.29, 1.82) is 0 Å². The number of hydrogen-bond donors (Lipinski definition) is 0. The predicted octanol–water partition coefficient (Wildman–Crippen LogP) is 6.18. The maximum Gasteiger partial charge on any atom is 0.000956 e. The van der Waals surface area contributed by atoms with Crippen molar-refractivity contribution in [3.8, 4) is 0 Å². The summed E-state index contributed by atoms with van der Waals surface area (Å²) < 4.78 is 0. The second kappa shape index (κ2) is 14.8. The van der Waals surface area contributed by atoms with Crippen molar-refractivity contribution in [3.05, 3.63) is 0 Å². The lowest BCUT2D eigenvalue weighted by molar-refractivity contribution is 0.169. The topological polar surface area (TPSA) is 3.24 Å². The molecule has 1 unspecified atom stereocenters. The van der Waals surface area contributed by atoms with E-state index in [1.54, 1.807) is 0 Å². The van der Waals surface area contributed by atoms with Crippen LogP contribution < -0.4 is 0 Å². The molecule has 1 aliphatic rings. The Balaban J connectivity index is 0.00000400. The average Bonchev–Trinajstić information content (AvgIpc) is 2.49. The van der Waals surface area contributed by atoms with Gasteiger partial charge < -0.3 is 4.90 Å². The summed E-state index contributed by atoms with van der Waals surface area (Å²) in [6.07, 6.45) is 18.8. The summed E-state index contributed by atoms with van der Waals surface area (Å²) >= 11 is 0. The van der Waals surface area contributed by atoms with Gasteiger partial charge in [0.2, 0.25) is 0 Å². The Morgan fingerprint density at radius 2 is 1.38 bits per heavy atom. The molecule has 0 aromatic heterocycles. The number of likely N-dealkylation sites (tertiary alicyclic amines) is 1. The van der Waals surface area contributed by atoms with E-state index in [1.165, 1.54) is 103 Å². The van der Waals surface area contributed by atoms with Gasteiger partial charge in [0.15, 0.2) is 0 Å². The van der Waals surface area contributed by atoms with Crippen LogP contribution in [-0.4, -0.2) is 24.5 Å².